The fourth-order valence-corrected chi connectivity index (χ4v) is 4.32. The lowest BCUT2D eigenvalue weighted by molar-refractivity contribution is 0.601. The number of hydrogen-bond donors (Lipinski definition) is 2. The maximum Gasteiger partial charge on any atom is 0.263 e. The van der Waals surface area contributed by atoms with Gasteiger partial charge in [-0.3, -0.25) is 4.72 Å². The number of anilines is 3. The summed E-state index contributed by atoms with van der Waals surface area (Å²) in [7, 11) is -3.85. The molecule has 0 aliphatic heterocycles. The quantitative estimate of drug-likeness (QED) is 0.441. The fraction of sp³-hybridized carbons (Fsp3) is 0.167. The maximum atomic E-state index is 13.1. The van der Waals surface area contributed by atoms with Crippen molar-refractivity contribution in [3.05, 3.63) is 82.9 Å². The molecule has 0 aliphatic rings. The molecule has 0 fully saturated rings. The molecule has 0 saturated heterocycles. The smallest absolute Gasteiger partial charge is 0.263 e. The molecule has 0 spiro atoms. The van der Waals surface area contributed by atoms with Crippen LogP contribution in [0, 0.1) is 27.7 Å². The zero-order valence-corrected chi connectivity index (χ0v) is 18.7. The Morgan fingerprint density at radius 1 is 0.710 bits per heavy atom. The van der Waals surface area contributed by atoms with Crippen LogP contribution in [0.1, 0.15) is 22.3 Å². The Labute approximate surface area is 182 Å². The minimum atomic E-state index is -3.85. The molecular formula is C24H24N4O2S. The van der Waals surface area contributed by atoms with Crippen molar-refractivity contribution in [2.75, 3.05) is 10.0 Å². The van der Waals surface area contributed by atoms with Crippen LogP contribution in [0.15, 0.2) is 65.6 Å². The van der Waals surface area contributed by atoms with Gasteiger partial charge in [0.1, 0.15) is 0 Å². The first-order valence-corrected chi connectivity index (χ1v) is 11.4. The highest BCUT2D eigenvalue weighted by atomic mass is 32.2. The average Bonchev–Trinajstić information content (AvgIpc) is 2.72. The van der Waals surface area contributed by atoms with E-state index in [0.717, 1.165) is 27.9 Å². The molecule has 6 nitrogen and oxygen atoms in total. The molecule has 158 valence electrons. The van der Waals surface area contributed by atoms with E-state index in [1.165, 1.54) is 0 Å². The summed E-state index contributed by atoms with van der Waals surface area (Å²) in [6.45, 7) is 7.81. The largest absolute Gasteiger partial charge is 0.337 e. The predicted octanol–water partition coefficient (Wildman–Crippen LogP) is 5.41. The molecule has 31 heavy (non-hydrogen) atoms. The van der Waals surface area contributed by atoms with E-state index in [1.54, 1.807) is 24.3 Å². The van der Waals surface area contributed by atoms with E-state index in [0.29, 0.717) is 16.9 Å². The molecule has 0 atom stereocenters. The number of fused-ring (bicyclic) bond motifs is 1. The lowest BCUT2D eigenvalue weighted by Gasteiger charge is -2.16. The zero-order valence-electron chi connectivity index (χ0n) is 17.9. The summed E-state index contributed by atoms with van der Waals surface area (Å²) >= 11 is 0. The second kappa shape index (κ2) is 8.00. The first-order valence-electron chi connectivity index (χ1n) is 9.94. The van der Waals surface area contributed by atoms with Crippen molar-refractivity contribution >= 4 is 38.4 Å². The molecule has 3 aromatic carbocycles. The summed E-state index contributed by atoms with van der Waals surface area (Å²) in [5.41, 5.74) is 6.15. The van der Waals surface area contributed by atoms with Gasteiger partial charge in [0, 0.05) is 5.69 Å². The Balaban J connectivity index is 1.81. The molecule has 0 amide bonds. The van der Waals surface area contributed by atoms with Gasteiger partial charge in [-0.15, -0.1) is 0 Å². The van der Waals surface area contributed by atoms with Crippen LogP contribution in [-0.2, 0) is 10.0 Å². The third-order valence-electron chi connectivity index (χ3n) is 5.24. The molecule has 0 unspecified atom stereocenters. The number of nitrogens with one attached hydrogen (secondary N) is 2. The van der Waals surface area contributed by atoms with Crippen molar-refractivity contribution in [3.63, 3.8) is 0 Å². The average molecular weight is 433 g/mol. The van der Waals surface area contributed by atoms with Crippen molar-refractivity contribution < 1.29 is 8.42 Å². The lowest BCUT2D eigenvalue weighted by Crippen LogP contribution is -2.16. The molecule has 1 heterocycles. The Bertz CT molecular complexity index is 1400. The second-order valence-corrected chi connectivity index (χ2v) is 9.39. The molecule has 0 saturated carbocycles. The number of aryl methyl sites for hydroxylation is 4. The van der Waals surface area contributed by atoms with E-state index in [2.05, 4.69) is 20.0 Å². The second-order valence-electron chi connectivity index (χ2n) is 7.70. The van der Waals surface area contributed by atoms with Gasteiger partial charge >= 0.3 is 0 Å². The van der Waals surface area contributed by atoms with Crippen molar-refractivity contribution in [3.8, 4) is 0 Å². The number of para-hydroxylation sites is 2. The first kappa shape index (κ1) is 20.8. The topological polar surface area (TPSA) is 84.0 Å². The number of nitrogens with zero attached hydrogens (tertiary/aromatic N) is 2. The lowest BCUT2D eigenvalue weighted by atomic mass is 10.1. The molecule has 7 heteroatoms. The normalized spacial score (nSPS) is 11.5. The number of benzene rings is 3. The van der Waals surface area contributed by atoms with Gasteiger partial charge in [0.2, 0.25) is 0 Å². The van der Waals surface area contributed by atoms with Crippen LogP contribution in [0.3, 0.4) is 0 Å². The first-order chi connectivity index (χ1) is 14.7. The van der Waals surface area contributed by atoms with E-state index in [9.17, 15) is 8.42 Å². The minimum absolute atomic E-state index is 0.151. The van der Waals surface area contributed by atoms with Crippen LogP contribution in [0.4, 0.5) is 17.3 Å². The molecule has 1 aromatic heterocycles. The summed E-state index contributed by atoms with van der Waals surface area (Å²) < 4.78 is 28.9. The van der Waals surface area contributed by atoms with Crippen LogP contribution in [0.25, 0.3) is 11.0 Å². The molecule has 0 aliphatic carbocycles. The standard InChI is InChI=1S/C24H24N4O2S/c1-15-9-10-17(3)22(13-15)27-23-24(26-21-8-6-5-7-20(21)25-23)28-31(29,30)19-12-11-16(2)18(4)14-19/h5-14H,1-4H3,(H,25,27)(H,26,28). The van der Waals surface area contributed by atoms with Crippen molar-refractivity contribution in [1.29, 1.82) is 0 Å². The van der Waals surface area contributed by atoms with Gasteiger partial charge in [-0.05, 0) is 80.3 Å². The highest BCUT2D eigenvalue weighted by molar-refractivity contribution is 7.92. The highest BCUT2D eigenvalue weighted by Gasteiger charge is 2.20. The fourth-order valence-electron chi connectivity index (χ4n) is 3.22. The molecule has 4 aromatic rings. The van der Waals surface area contributed by atoms with E-state index >= 15 is 0 Å². The summed E-state index contributed by atoms with van der Waals surface area (Å²) in [4.78, 5) is 9.39. The molecular weight excluding hydrogens is 408 g/mol. The van der Waals surface area contributed by atoms with Crippen molar-refractivity contribution in [2.45, 2.75) is 32.6 Å². The van der Waals surface area contributed by atoms with Gasteiger partial charge in [0.05, 0.1) is 15.9 Å². The highest BCUT2D eigenvalue weighted by Crippen LogP contribution is 2.29. The van der Waals surface area contributed by atoms with Gasteiger partial charge in [-0.1, -0.05) is 30.3 Å². The summed E-state index contributed by atoms with van der Waals surface area (Å²) in [6.07, 6.45) is 0. The summed E-state index contributed by atoms with van der Waals surface area (Å²) in [6, 6.07) is 18.4. The molecule has 2 N–H and O–H groups in total. The summed E-state index contributed by atoms with van der Waals surface area (Å²) in [5.74, 6) is 0.498. The number of aromatic nitrogens is 2. The SMILES string of the molecule is Cc1ccc(C)c(Nc2nc3ccccc3nc2NS(=O)(=O)c2ccc(C)c(C)c2)c1. The Morgan fingerprint density at radius 2 is 1.35 bits per heavy atom. The van der Waals surface area contributed by atoms with Gasteiger partial charge in [-0.25, -0.2) is 18.4 Å². The van der Waals surface area contributed by atoms with E-state index in [4.69, 9.17) is 0 Å². The number of hydrogen-bond acceptors (Lipinski definition) is 5. The molecule has 4 rings (SSSR count). The van der Waals surface area contributed by atoms with Crippen LogP contribution in [0.5, 0.6) is 0 Å². The van der Waals surface area contributed by atoms with E-state index in [1.807, 2.05) is 64.1 Å². The third-order valence-corrected chi connectivity index (χ3v) is 6.57. The number of rotatable bonds is 5. The minimum Gasteiger partial charge on any atom is -0.337 e. The van der Waals surface area contributed by atoms with Gasteiger partial charge < -0.3 is 5.32 Å². The summed E-state index contributed by atoms with van der Waals surface area (Å²) in [5, 5.41) is 3.27. The Kier molecular flexibility index (Phi) is 5.37. The van der Waals surface area contributed by atoms with Gasteiger partial charge in [0.25, 0.3) is 10.0 Å². The van der Waals surface area contributed by atoms with E-state index < -0.39 is 10.0 Å². The maximum absolute atomic E-state index is 13.1. The molecule has 0 radical (unpaired) electrons. The predicted molar refractivity (Wildman–Crippen MR) is 125 cm³/mol. The van der Waals surface area contributed by atoms with Crippen LogP contribution >= 0.6 is 0 Å². The van der Waals surface area contributed by atoms with Crippen molar-refractivity contribution in [2.24, 2.45) is 0 Å². The molecule has 0 bridgehead atoms. The number of sulfonamides is 1. The van der Waals surface area contributed by atoms with Crippen LogP contribution in [-0.4, -0.2) is 18.4 Å². The van der Waals surface area contributed by atoms with Crippen LogP contribution in [0.2, 0.25) is 0 Å². The third kappa shape index (κ3) is 4.36. The monoisotopic (exact) mass is 432 g/mol. The van der Waals surface area contributed by atoms with E-state index in [-0.39, 0.29) is 10.7 Å². The van der Waals surface area contributed by atoms with Gasteiger partial charge in [-0.2, -0.15) is 0 Å². The Hall–Kier alpha value is -3.45. The van der Waals surface area contributed by atoms with Crippen molar-refractivity contribution in [1.82, 2.24) is 9.97 Å². The van der Waals surface area contributed by atoms with Crippen LogP contribution < -0.4 is 10.0 Å². The Morgan fingerprint density at radius 3 is 2.03 bits per heavy atom. The van der Waals surface area contributed by atoms with Gasteiger partial charge in [0.15, 0.2) is 11.6 Å². The zero-order chi connectivity index (χ0) is 22.2.